The van der Waals surface area contributed by atoms with Crippen LogP contribution in [0.25, 0.3) is 0 Å². The van der Waals surface area contributed by atoms with E-state index in [1.165, 1.54) is 0 Å². The molecule has 0 aromatic rings. The van der Waals surface area contributed by atoms with Gasteiger partial charge < -0.3 is 9.31 Å². The smallest absolute Gasteiger partial charge is 0.398 e. The highest BCUT2D eigenvalue weighted by Gasteiger charge is 2.47. The molecule has 0 saturated carbocycles. The Labute approximate surface area is 115 Å². The monoisotopic (exact) mass is 266 g/mol. The fourth-order valence-corrected chi connectivity index (χ4v) is 1.95. The molecule has 0 aliphatic carbocycles. The topological polar surface area (TPSA) is 52.6 Å². The summed E-state index contributed by atoms with van der Waals surface area (Å²) in [6, 6.07) is 0. The van der Waals surface area contributed by atoms with Gasteiger partial charge in [-0.1, -0.05) is 39.8 Å². The maximum absolute atomic E-state index is 12.1. The predicted octanol–water partition coefficient (Wildman–Crippen LogP) is 2.28. The minimum Gasteiger partial charge on any atom is -0.398 e. The largest absolute Gasteiger partial charge is 0.462 e. The second kappa shape index (κ2) is 7.01. The molecule has 2 atom stereocenters. The molecule has 0 aromatic heterocycles. The Balaban J connectivity index is 2.84. The quantitative estimate of drug-likeness (QED) is 0.546. The van der Waals surface area contributed by atoms with Gasteiger partial charge in [0.1, 0.15) is 12.2 Å². The zero-order chi connectivity index (χ0) is 14.6. The Bertz CT molecular complexity index is 334. The third-order valence-corrected chi connectivity index (χ3v) is 3.13. The van der Waals surface area contributed by atoms with Crippen molar-refractivity contribution in [3.05, 3.63) is 12.2 Å². The number of hydrogen-bond donors (Lipinski definition) is 0. The summed E-state index contributed by atoms with van der Waals surface area (Å²) < 4.78 is 11.3. The number of rotatable bonds is 6. The van der Waals surface area contributed by atoms with Gasteiger partial charge in [0, 0.05) is 18.2 Å². The molecule has 19 heavy (non-hydrogen) atoms. The Morgan fingerprint density at radius 1 is 1.05 bits per heavy atom. The highest BCUT2D eigenvalue weighted by atomic mass is 16.7. The van der Waals surface area contributed by atoms with Crippen LogP contribution in [0, 0.1) is 11.8 Å². The second-order valence-corrected chi connectivity index (χ2v) is 5.46. The van der Waals surface area contributed by atoms with Crippen LogP contribution in [0.15, 0.2) is 12.2 Å². The maximum atomic E-state index is 12.1. The molecular formula is C14H23BO4. The van der Waals surface area contributed by atoms with Gasteiger partial charge in [-0.05, 0) is 6.92 Å². The number of carbonyl (C=O) groups excluding carboxylic acids is 2. The van der Waals surface area contributed by atoms with Crippen LogP contribution in [-0.4, -0.2) is 30.9 Å². The number of allylic oxidation sites excluding steroid dienone is 2. The van der Waals surface area contributed by atoms with E-state index in [0.29, 0.717) is 6.32 Å². The van der Waals surface area contributed by atoms with Crippen molar-refractivity contribution >= 4 is 18.7 Å². The van der Waals surface area contributed by atoms with E-state index in [0.717, 1.165) is 0 Å². The van der Waals surface area contributed by atoms with Crippen molar-refractivity contribution in [3.63, 3.8) is 0 Å². The first kappa shape index (κ1) is 16.1. The van der Waals surface area contributed by atoms with E-state index in [1.807, 2.05) is 46.8 Å². The summed E-state index contributed by atoms with van der Waals surface area (Å²) in [5.41, 5.74) is 0. The fraction of sp³-hybridized carbons (Fsp3) is 0.714. The number of hydrogen-bond acceptors (Lipinski definition) is 4. The van der Waals surface area contributed by atoms with Gasteiger partial charge in [0.05, 0.1) is 0 Å². The van der Waals surface area contributed by atoms with Gasteiger partial charge in [0.15, 0.2) is 11.6 Å². The second-order valence-electron chi connectivity index (χ2n) is 5.46. The predicted molar refractivity (Wildman–Crippen MR) is 74.8 cm³/mol. The van der Waals surface area contributed by atoms with Gasteiger partial charge in [-0.2, -0.15) is 0 Å². The molecule has 1 aliphatic rings. The average Bonchev–Trinajstić information content (AvgIpc) is 2.77. The van der Waals surface area contributed by atoms with Crippen molar-refractivity contribution in [3.8, 4) is 0 Å². The van der Waals surface area contributed by atoms with Crippen LogP contribution >= 0.6 is 0 Å². The Morgan fingerprint density at radius 2 is 1.47 bits per heavy atom. The van der Waals surface area contributed by atoms with E-state index in [9.17, 15) is 9.59 Å². The summed E-state index contributed by atoms with van der Waals surface area (Å²) >= 11 is 0. The molecule has 1 heterocycles. The molecule has 5 heteroatoms. The number of ketones is 2. The lowest BCUT2D eigenvalue weighted by molar-refractivity contribution is -0.138. The van der Waals surface area contributed by atoms with Crippen LogP contribution in [0.3, 0.4) is 0 Å². The summed E-state index contributed by atoms with van der Waals surface area (Å²) in [5.74, 6) is -0.475. The van der Waals surface area contributed by atoms with Crippen LogP contribution < -0.4 is 0 Å². The molecule has 0 amide bonds. The first-order valence-corrected chi connectivity index (χ1v) is 6.88. The maximum Gasteiger partial charge on any atom is 0.462 e. The van der Waals surface area contributed by atoms with E-state index < -0.39 is 19.3 Å². The first-order valence-electron chi connectivity index (χ1n) is 6.88. The standard InChI is InChI=1S/C14H23BO4/c1-6-7-8-15-18-13(11(16)9(2)3)14(19-15)12(17)10(4)5/h6-7,9-10,13-14H,8H2,1-5H3/b7-6-/t13-,14-/m0/s1. The van der Waals surface area contributed by atoms with Crippen LogP contribution in [0.4, 0.5) is 0 Å². The zero-order valence-electron chi connectivity index (χ0n) is 12.4. The molecule has 1 aliphatic heterocycles. The molecule has 0 aromatic carbocycles. The summed E-state index contributed by atoms with van der Waals surface area (Å²) in [4.78, 5) is 24.3. The zero-order valence-corrected chi connectivity index (χ0v) is 12.4. The van der Waals surface area contributed by atoms with Crippen molar-refractivity contribution in [2.45, 2.75) is 53.1 Å². The highest BCUT2D eigenvalue weighted by molar-refractivity contribution is 6.46. The SMILES string of the molecule is C/C=C\CB1O[C@@H](C(=O)C(C)C)[C@H](C(=O)C(C)C)O1. The normalized spacial score (nSPS) is 23.8. The molecule has 1 fully saturated rings. The average molecular weight is 266 g/mol. The molecule has 0 bridgehead atoms. The van der Waals surface area contributed by atoms with Crippen molar-refractivity contribution in [2.75, 3.05) is 0 Å². The molecule has 0 radical (unpaired) electrons. The minimum atomic E-state index is -0.759. The third-order valence-electron chi connectivity index (χ3n) is 3.13. The van der Waals surface area contributed by atoms with E-state index >= 15 is 0 Å². The molecular weight excluding hydrogens is 243 g/mol. The molecule has 1 saturated heterocycles. The van der Waals surface area contributed by atoms with E-state index in [-0.39, 0.29) is 23.4 Å². The van der Waals surface area contributed by atoms with E-state index in [4.69, 9.17) is 9.31 Å². The number of Topliss-reactive ketones (excluding diaryl/α,β-unsaturated/α-hetero) is 2. The molecule has 1 rings (SSSR count). The fourth-order valence-electron chi connectivity index (χ4n) is 1.95. The molecule has 0 N–H and O–H groups in total. The third kappa shape index (κ3) is 4.01. The lowest BCUT2D eigenvalue weighted by atomic mass is 9.85. The Hall–Kier alpha value is -0.935. The first-order chi connectivity index (χ1) is 8.88. The lowest BCUT2D eigenvalue weighted by Crippen LogP contribution is -2.41. The van der Waals surface area contributed by atoms with Gasteiger partial charge in [0.25, 0.3) is 0 Å². The van der Waals surface area contributed by atoms with Crippen molar-refractivity contribution in [1.29, 1.82) is 0 Å². The van der Waals surface area contributed by atoms with Gasteiger partial charge in [-0.15, -0.1) is 0 Å². The Kier molecular flexibility index (Phi) is 5.95. The van der Waals surface area contributed by atoms with Gasteiger partial charge in [-0.25, -0.2) is 0 Å². The van der Waals surface area contributed by atoms with Crippen LogP contribution in [0.2, 0.25) is 6.32 Å². The minimum absolute atomic E-state index is 0.0676. The molecule has 0 unspecified atom stereocenters. The van der Waals surface area contributed by atoms with Crippen LogP contribution in [-0.2, 0) is 18.9 Å². The Morgan fingerprint density at radius 3 is 1.79 bits per heavy atom. The van der Waals surface area contributed by atoms with Crippen molar-refractivity contribution in [1.82, 2.24) is 0 Å². The van der Waals surface area contributed by atoms with Crippen LogP contribution in [0.1, 0.15) is 34.6 Å². The van der Waals surface area contributed by atoms with Crippen LogP contribution in [0.5, 0.6) is 0 Å². The van der Waals surface area contributed by atoms with Gasteiger partial charge in [0.2, 0.25) is 0 Å². The highest BCUT2D eigenvalue weighted by Crippen LogP contribution is 2.25. The molecule has 4 nitrogen and oxygen atoms in total. The van der Waals surface area contributed by atoms with Gasteiger partial charge in [-0.3, -0.25) is 9.59 Å². The van der Waals surface area contributed by atoms with Crippen molar-refractivity contribution in [2.24, 2.45) is 11.8 Å². The molecule has 106 valence electrons. The van der Waals surface area contributed by atoms with Gasteiger partial charge >= 0.3 is 7.12 Å². The summed E-state index contributed by atoms with van der Waals surface area (Å²) in [5, 5.41) is 0. The summed E-state index contributed by atoms with van der Waals surface area (Å²) in [6.07, 6.45) is 2.84. The van der Waals surface area contributed by atoms with Crippen molar-refractivity contribution < 1.29 is 18.9 Å². The lowest BCUT2D eigenvalue weighted by Gasteiger charge is -2.19. The summed E-state index contributed by atoms with van der Waals surface area (Å²) in [6.45, 7) is 9.13. The molecule has 0 spiro atoms. The van der Waals surface area contributed by atoms with E-state index in [2.05, 4.69) is 0 Å². The summed E-state index contributed by atoms with van der Waals surface area (Å²) in [7, 11) is -0.503. The van der Waals surface area contributed by atoms with E-state index in [1.54, 1.807) is 0 Å². The number of carbonyl (C=O) groups is 2.